The number of ketones is 1. The van der Waals surface area contributed by atoms with Crippen LogP contribution < -0.4 is 5.32 Å². The molecule has 3 aliphatic carbocycles. The maximum Gasteiger partial charge on any atom is 0.350 e. The quantitative estimate of drug-likeness (QED) is 0.140. The number of fused-ring (bicyclic) bond motifs is 5. The molecule has 17 heteroatoms. The summed E-state index contributed by atoms with van der Waals surface area (Å²) in [6, 6.07) is 22.8. The number of benzene rings is 3. The van der Waals surface area contributed by atoms with Crippen molar-refractivity contribution in [1.82, 2.24) is 5.32 Å². The Balaban J connectivity index is 1.45. The van der Waals surface area contributed by atoms with Gasteiger partial charge in [0.2, 0.25) is 6.10 Å². The highest BCUT2D eigenvalue weighted by Crippen LogP contribution is 2.65. The van der Waals surface area contributed by atoms with E-state index in [1.54, 1.807) is 92.7 Å². The number of rotatable bonds is 12. The van der Waals surface area contributed by atoms with Gasteiger partial charge in [0.1, 0.15) is 36.1 Å². The van der Waals surface area contributed by atoms with Crippen molar-refractivity contribution in [1.29, 1.82) is 0 Å². The lowest BCUT2D eigenvalue weighted by Gasteiger charge is -2.67. The summed E-state index contributed by atoms with van der Waals surface area (Å²) in [5.41, 5.74) is -7.41. The van der Waals surface area contributed by atoms with E-state index in [2.05, 4.69) is 5.32 Å². The summed E-state index contributed by atoms with van der Waals surface area (Å²) < 4.78 is 42.5. The van der Waals surface area contributed by atoms with Crippen LogP contribution in [0.4, 0.5) is 0 Å². The number of aliphatic hydroxyl groups is 1. The molecule has 2 N–H and O–H groups in total. The van der Waals surface area contributed by atoms with Crippen LogP contribution in [0, 0.1) is 16.7 Å². The monoisotopic (exact) mass is 937 g/mol. The van der Waals surface area contributed by atoms with Gasteiger partial charge in [0, 0.05) is 51.5 Å². The molecule has 3 fully saturated rings. The van der Waals surface area contributed by atoms with Crippen molar-refractivity contribution >= 4 is 47.5 Å². The van der Waals surface area contributed by atoms with Gasteiger partial charge >= 0.3 is 35.8 Å². The Hall–Kier alpha value is -6.72. The molecular weight excluding hydrogens is 883 g/mol. The Morgan fingerprint density at radius 1 is 0.735 bits per heavy atom. The van der Waals surface area contributed by atoms with E-state index in [1.165, 1.54) is 26.0 Å². The lowest BCUT2D eigenvalue weighted by Crippen LogP contribution is -2.82. The van der Waals surface area contributed by atoms with Crippen LogP contribution in [-0.2, 0) is 61.9 Å². The van der Waals surface area contributed by atoms with Crippen molar-refractivity contribution in [3.63, 3.8) is 0 Å². The average molecular weight is 938 g/mol. The van der Waals surface area contributed by atoms with E-state index in [4.69, 9.17) is 33.2 Å². The minimum Gasteiger partial charge on any atom is -0.461 e. The summed E-state index contributed by atoms with van der Waals surface area (Å²) >= 11 is 0. The van der Waals surface area contributed by atoms with Gasteiger partial charge in [-0.3, -0.25) is 28.8 Å². The molecule has 4 aliphatic rings. The van der Waals surface area contributed by atoms with Gasteiger partial charge in [-0.25, -0.2) is 9.59 Å². The minimum absolute atomic E-state index is 0.0385. The Kier molecular flexibility index (Phi) is 13.6. The first-order chi connectivity index (χ1) is 32.1. The number of ether oxygens (including phenoxy) is 7. The molecule has 3 aromatic rings. The Morgan fingerprint density at radius 3 is 1.84 bits per heavy atom. The molecule has 2 saturated carbocycles. The van der Waals surface area contributed by atoms with E-state index in [1.807, 2.05) is 0 Å². The van der Waals surface area contributed by atoms with Crippen molar-refractivity contribution in [2.24, 2.45) is 16.7 Å². The van der Waals surface area contributed by atoms with Crippen LogP contribution in [0.1, 0.15) is 101 Å². The van der Waals surface area contributed by atoms with Crippen LogP contribution in [-0.4, -0.2) is 107 Å². The van der Waals surface area contributed by atoms with Gasteiger partial charge in [0.05, 0.1) is 23.5 Å². The molecular formula is C51H55NO16. The molecule has 1 heterocycles. The Labute approximate surface area is 392 Å². The molecule has 11 atom stereocenters. The second kappa shape index (κ2) is 18.8. The van der Waals surface area contributed by atoms with Crippen LogP contribution in [0.15, 0.2) is 102 Å². The smallest absolute Gasteiger partial charge is 0.350 e. The standard InChI is InChI=1S/C51H55NO16/c1-27-35(66-47(60)41(65-30(4)55)39(32-18-12-9-13-19-32)52-45(58)33-20-14-10-15-21-33)25-51(61)44(67-46(59)34-22-16-11-17-23-34)42-49(8,43(57)40(64-29(3)54)38(27)48(51,6)7)36(63-28(2)53)24-37-50(42,26-62-37)68-31(5)56/h9-23,35-37,39-42,44,61H,24-26H2,1-8H3,(H,52,58)/t35-,36-,37+,39-,40+,41+,42-,44-,49+,50-,51+/m0/s1. The van der Waals surface area contributed by atoms with Crippen molar-refractivity contribution in [3.05, 3.63) is 119 Å². The number of carbonyl (C=O) groups excluding carboxylic acids is 8. The largest absolute Gasteiger partial charge is 0.461 e. The SMILES string of the molecule is CC(=O)O[C@H]1C(=O)[C@]2(C)[C@@H](OC(C)=O)C[C@H]3OC[C@@]3(OC(C)=O)[C@H]2[C@H](OC(=O)c2ccccc2)[C@]2(O)C[C@H](OC(=O)[C@H](OC(C)=O)[C@@H](NC(=O)c3ccccc3)c3ccccc3)C(C)=C1C2(C)C. The summed E-state index contributed by atoms with van der Waals surface area (Å²) in [5, 5.41) is 16.8. The molecule has 0 unspecified atom stereocenters. The van der Waals surface area contributed by atoms with E-state index in [-0.39, 0.29) is 35.3 Å². The Bertz CT molecular complexity index is 2530. The molecule has 0 aromatic heterocycles. The average Bonchev–Trinajstić information content (AvgIpc) is 3.28. The zero-order valence-corrected chi connectivity index (χ0v) is 39.0. The number of hydrogen-bond acceptors (Lipinski definition) is 16. The molecule has 17 nitrogen and oxygen atoms in total. The third kappa shape index (κ3) is 8.68. The molecule has 0 radical (unpaired) electrons. The second-order valence-electron chi connectivity index (χ2n) is 18.5. The van der Waals surface area contributed by atoms with E-state index >= 15 is 4.79 Å². The van der Waals surface area contributed by atoms with Crippen molar-refractivity contribution in [2.75, 3.05) is 6.61 Å². The highest BCUT2D eigenvalue weighted by molar-refractivity contribution is 5.96. The van der Waals surface area contributed by atoms with Gasteiger partial charge < -0.3 is 43.6 Å². The molecule has 1 amide bonds. The molecule has 1 aliphatic heterocycles. The number of Topliss-reactive ketones (excluding diaryl/α,β-unsaturated/α-hetero) is 1. The maximum atomic E-state index is 15.9. The molecule has 68 heavy (non-hydrogen) atoms. The molecule has 3 aromatic carbocycles. The Morgan fingerprint density at radius 2 is 1.31 bits per heavy atom. The number of amides is 1. The summed E-state index contributed by atoms with van der Waals surface area (Å²) in [6.07, 6.45) is -10.5. The number of hydrogen-bond donors (Lipinski definition) is 2. The third-order valence-corrected chi connectivity index (χ3v) is 14.0. The zero-order valence-electron chi connectivity index (χ0n) is 39.0. The van der Waals surface area contributed by atoms with Gasteiger partial charge in [-0.05, 0) is 54.8 Å². The fourth-order valence-electron chi connectivity index (χ4n) is 10.8. The van der Waals surface area contributed by atoms with E-state index in [0.29, 0.717) is 5.56 Å². The normalized spacial score (nSPS) is 29.9. The van der Waals surface area contributed by atoms with E-state index in [9.17, 15) is 38.7 Å². The summed E-state index contributed by atoms with van der Waals surface area (Å²) in [4.78, 5) is 111. The lowest BCUT2D eigenvalue weighted by atomic mass is 9.44. The van der Waals surface area contributed by atoms with Crippen molar-refractivity contribution in [3.8, 4) is 0 Å². The topological polar surface area (TPSA) is 233 Å². The number of esters is 6. The predicted molar refractivity (Wildman–Crippen MR) is 237 cm³/mol. The third-order valence-electron chi connectivity index (χ3n) is 14.0. The van der Waals surface area contributed by atoms with Gasteiger partial charge in [0.25, 0.3) is 5.91 Å². The predicted octanol–water partition coefficient (Wildman–Crippen LogP) is 4.88. The minimum atomic E-state index is -2.47. The van der Waals surface area contributed by atoms with Crippen LogP contribution in [0.5, 0.6) is 0 Å². The molecule has 2 bridgehead atoms. The van der Waals surface area contributed by atoms with Crippen LogP contribution in [0.2, 0.25) is 0 Å². The lowest BCUT2D eigenvalue weighted by molar-refractivity contribution is -0.346. The van der Waals surface area contributed by atoms with Gasteiger partial charge in [-0.15, -0.1) is 0 Å². The molecule has 1 saturated heterocycles. The first-order valence-corrected chi connectivity index (χ1v) is 22.2. The van der Waals surface area contributed by atoms with E-state index in [0.717, 1.165) is 27.7 Å². The maximum absolute atomic E-state index is 15.9. The highest BCUT2D eigenvalue weighted by Gasteiger charge is 2.79. The van der Waals surface area contributed by atoms with Gasteiger partial charge in [0.15, 0.2) is 17.5 Å². The van der Waals surface area contributed by atoms with Gasteiger partial charge in [-0.1, -0.05) is 80.6 Å². The van der Waals surface area contributed by atoms with Crippen LogP contribution >= 0.6 is 0 Å². The second-order valence-corrected chi connectivity index (χ2v) is 18.5. The fourth-order valence-corrected chi connectivity index (χ4v) is 10.8. The summed E-state index contributed by atoms with van der Waals surface area (Å²) in [6.45, 7) is 10.1. The van der Waals surface area contributed by atoms with Crippen molar-refractivity contribution in [2.45, 2.75) is 122 Å². The summed E-state index contributed by atoms with van der Waals surface area (Å²) in [7, 11) is 0. The highest BCUT2D eigenvalue weighted by atomic mass is 16.6. The summed E-state index contributed by atoms with van der Waals surface area (Å²) in [5.74, 6) is -8.71. The first-order valence-electron chi connectivity index (χ1n) is 22.2. The number of nitrogens with one attached hydrogen (secondary N) is 1. The van der Waals surface area contributed by atoms with Crippen LogP contribution in [0.25, 0.3) is 0 Å². The van der Waals surface area contributed by atoms with Crippen LogP contribution in [0.3, 0.4) is 0 Å². The fraction of sp³-hybridized carbons (Fsp3) is 0.451. The zero-order chi connectivity index (χ0) is 49.5. The van der Waals surface area contributed by atoms with E-state index < -0.39 is 125 Å². The first kappa shape index (κ1) is 49.2. The van der Waals surface area contributed by atoms with Crippen molar-refractivity contribution < 1.29 is 76.6 Å². The number of carbonyl (C=O) groups is 8. The molecule has 0 spiro atoms. The molecule has 7 rings (SSSR count). The molecule has 360 valence electrons. The van der Waals surface area contributed by atoms with Gasteiger partial charge in [-0.2, -0.15) is 0 Å².